The molecule has 1 fully saturated rings. The number of amides is 2. The topological polar surface area (TPSA) is 72.9 Å². The third-order valence-corrected chi connectivity index (χ3v) is 6.79. The van der Waals surface area contributed by atoms with E-state index in [1.807, 2.05) is 43.3 Å². The monoisotopic (exact) mass is 473 g/mol. The standard InChI is InChI=1S/C28H31N3O4/c1-28(19-31(13-14-34-28)27(32)30-18-23-9-5-6-12-29-23)22-10-11-25(33-2)26(17-22)35-24-15-20-7-3-4-8-21(20)16-24/h3-12,17,24H,13-16,18-19H2,1-2H3,(H,30,32). The predicted molar refractivity (Wildman–Crippen MR) is 133 cm³/mol. The number of hydrogen-bond acceptors (Lipinski definition) is 5. The zero-order chi connectivity index (χ0) is 24.3. The van der Waals surface area contributed by atoms with E-state index in [2.05, 4.69) is 34.6 Å². The number of hydrogen-bond donors (Lipinski definition) is 1. The van der Waals surface area contributed by atoms with Gasteiger partial charge in [-0.3, -0.25) is 4.98 Å². The Morgan fingerprint density at radius 1 is 1.11 bits per heavy atom. The molecule has 1 unspecified atom stereocenters. The highest BCUT2D eigenvalue weighted by Crippen LogP contribution is 2.37. The van der Waals surface area contributed by atoms with E-state index in [4.69, 9.17) is 14.2 Å². The van der Waals surface area contributed by atoms with E-state index in [9.17, 15) is 4.79 Å². The van der Waals surface area contributed by atoms with Crippen molar-refractivity contribution in [3.8, 4) is 11.5 Å². The van der Waals surface area contributed by atoms with Gasteiger partial charge >= 0.3 is 6.03 Å². The molecule has 2 amide bonds. The van der Waals surface area contributed by atoms with Crippen LogP contribution >= 0.6 is 0 Å². The van der Waals surface area contributed by atoms with Crippen LogP contribution in [0.2, 0.25) is 0 Å². The molecule has 0 spiro atoms. The predicted octanol–water partition coefficient (Wildman–Crippen LogP) is 4.09. The van der Waals surface area contributed by atoms with Crippen LogP contribution in [0.3, 0.4) is 0 Å². The van der Waals surface area contributed by atoms with Crippen molar-refractivity contribution in [1.29, 1.82) is 0 Å². The van der Waals surface area contributed by atoms with Crippen molar-refractivity contribution < 1.29 is 19.0 Å². The molecule has 3 aromatic rings. The van der Waals surface area contributed by atoms with E-state index in [0.717, 1.165) is 24.1 Å². The Hall–Kier alpha value is -3.58. The Bertz CT molecular complexity index is 1160. The number of rotatable bonds is 6. The molecule has 1 aliphatic heterocycles. The van der Waals surface area contributed by atoms with Gasteiger partial charge < -0.3 is 24.4 Å². The van der Waals surface area contributed by atoms with Crippen LogP contribution in [-0.4, -0.2) is 48.8 Å². The summed E-state index contributed by atoms with van der Waals surface area (Å²) in [6, 6.07) is 19.9. The number of morpholine rings is 1. The zero-order valence-corrected chi connectivity index (χ0v) is 20.2. The molecule has 0 bridgehead atoms. The summed E-state index contributed by atoms with van der Waals surface area (Å²) in [6.45, 7) is 3.82. The number of aromatic nitrogens is 1. The van der Waals surface area contributed by atoms with Crippen molar-refractivity contribution in [3.63, 3.8) is 0 Å². The largest absolute Gasteiger partial charge is 0.493 e. The molecule has 1 saturated heterocycles. The maximum atomic E-state index is 12.9. The summed E-state index contributed by atoms with van der Waals surface area (Å²) >= 11 is 0. The molecule has 0 saturated carbocycles. The number of nitrogens with zero attached hydrogens (tertiary/aromatic N) is 2. The molecule has 7 nitrogen and oxygen atoms in total. The number of benzene rings is 2. The lowest BCUT2D eigenvalue weighted by atomic mass is 9.93. The van der Waals surface area contributed by atoms with Gasteiger partial charge in [0.15, 0.2) is 11.5 Å². The molecule has 35 heavy (non-hydrogen) atoms. The van der Waals surface area contributed by atoms with Gasteiger partial charge in [-0.05, 0) is 47.9 Å². The Morgan fingerprint density at radius 3 is 2.60 bits per heavy atom. The van der Waals surface area contributed by atoms with Crippen molar-refractivity contribution in [1.82, 2.24) is 15.2 Å². The maximum Gasteiger partial charge on any atom is 0.317 e. The zero-order valence-electron chi connectivity index (χ0n) is 20.2. The molecule has 7 heteroatoms. The maximum absolute atomic E-state index is 12.9. The van der Waals surface area contributed by atoms with E-state index in [-0.39, 0.29) is 12.1 Å². The third-order valence-electron chi connectivity index (χ3n) is 6.79. The molecule has 1 aromatic heterocycles. The highest BCUT2D eigenvalue weighted by Gasteiger charge is 2.37. The molecule has 0 radical (unpaired) electrons. The van der Waals surface area contributed by atoms with Gasteiger partial charge in [0.25, 0.3) is 0 Å². The lowest BCUT2D eigenvalue weighted by molar-refractivity contribution is -0.0908. The van der Waals surface area contributed by atoms with Crippen LogP contribution in [0.15, 0.2) is 66.9 Å². The Labute approximate surface area is 206 Å². The van der Waals surface area contributed by atoms with Crippen LogP contribution in [0, 0.1) is 0 Å². The van der Waals surface area contributed by atoms with Crippen molar-refractivity contribution >= 4 is 6.03 Å². The van der Waals surface area contributed by atoms with E-state index in [0.29, 0.717) is 37.7 Å². The minimum atomic E-state index is -0.663. The van der Waals surface area contributed by atoms with Crippen LogP contribution in [-0.2, 0) is 29.7 Å². The number of carbonyl (C=O) groups is 1. The number of carbonyl (C=O) groups excluding carboxylic acids is 1. The van der Waals surface area contributed by atoms with Crippen LogP contribution < -0.4 is 14.8 Å². The summed E-state index contributed by atoms with van der Waals surface area (Å²) in [5.41, 5.74) is 3.78. The first-order chi connectivity index (χ1) is 17.0. The lowest BCUT2D eigenvalue weighted by Crippen LogP contribution is -2.53. The summed E-state index contributed by atoms with van der Waals surface area (Å²) in [4.78, 5) is 18.9. The first kappa shape index (κ1) is 23.2. The van der Waals surface area contributed by atoms with Gasteiger partial charge in [-0.25, -0.2) is 4.79 Å². The molecule has 182 valence electrons. The van der Waals surface area contributed by atoms with Gasteiger partial charge in [0, 0.05) is 25.6 Å². The molecule has 1 aliphatic carbocycles. The number of urea groups is 1. The van der Waals surface area contributed by atoms with Gasteiger partial charge in [-0.1, -0.05) is 36.4 Å². The van der Waals surface area contributed by atoms with Crippen molar-refractivity contribution in [3.05, 3.63) is 89.2 Å². The number of methoxy groups -OCH3 is 1. The quantitative estimate of drug-likeness (QED) is 0.584. The Balaban J connectivity index is 1.29. The van der Waals surface area contributed by atoms with Crippen LogP contribution in [0.5, 0.6) is 11.5 Å². The fourth-order valence-electron chi connectivity index (χ4n) is 4.88. The molecular formula is C28H31N3O4. The molecule has 2 aromatic carbocycles. The van der Waals surface area contributed by atoms with Crippen molar-refractivity contribution in [2.75, 3.05) is 26.8 Å². The smallest absolute Gasteiger partial charge is 0.317 e. The van der Waals surface area contributed by atoms with Gasteiger partial charge in [0.05, 0.1) is 32.5 Å². The number of nitrogens with one attached hydrogen (secondary N) is 1. The molecule has 1 atom stereocenters. The average molecular weight is 474 g/mol. The van der Waals surface area contributed by atoms with Gasteiger partial charge in [0.2, 0.25) is 0 Å². The number of fused-ring (bicyclic) bond motifs is 1. The van der Waals surface area contributed by atoms with E-state index in [1.165, 1.54) is 11.1 Å². The van der Waals surface area contributed by atoms with Crippen LogP contribution in [0.25, 0.3) is 0 Å². The van der Waals surface area contributed by atoms with Crippen LogP contribution in [0.4, 0.5) is 4.79 Å². The summed E-state index contributed by atoms with van der Waals surface area (Å²) in [5, 5.41) is 2.97. The molecule has 1 N–H and O–H groups in total. The highest BCUT2D eigenvalue weighted by molar-refractivity contribution is 5.74. The highest BCUT2D eigenvalue weighted by atomic mass is 16.5. The lowest BCUT2D eigenvalue weighted by Gasteiger charge is -2.41. The van der Waals surface area contributed by atoms with E-state index in [1.54, 1.807) is 18.2 Å². The average Bonchev–Trinajstić information content (AvgIpc) is 3.30. The number of pyridine rings is 1. The normalized spacial score (nSPS) is 19.8. The van der Waals surface area contributed by atoms with Gasteiger partial charge in [-0.2, -0.15) is 0 Å². The summed E-state index contributed by atoms with van der Waals surface area (Å²) in [7, 11) is 1.65. The van der Waals surface area contributed by atoms with E-state index < -0.39 is 5.60 Å². The summed E-state index contributed by atoms with van der Waals surface area (Å²) in [6.07, 6.45) is 3.54. The van der Waals surface area contributed by atoms with Crippen LogP contribution in [0.1, 0.15) is 29.3 Å². The first-order valence-corrected chi connectivity index (χ1v) is 12.0. The molecular weight excluding hydrogens is 442 g/mol. The number of ether oxygens (including phenoxy) is 3. The van der Waals surface area contributed by atoms with E-state index >= 15 is 0 Å². The fourth-order valence-corrected chi connectivity index (χ4v) is 4.88. The first-order valence-electron chi connectivity index (χ1n) is 12.0. The second kappa shape index (κ2) is 9.96. The third kappa shape index (κ3) is 5.10. The minimum Gasteiger partial charge on any atom is -0.493 e. The van der Waals surface area contributed by atoms with Crippen molar-refractivity contribution in [2.24, 2.45) is 0 Å². The molecule has 5 rings (SSSR count). The molecule has 2 aliphatic rings. The van der Waals surface area contributed by atoms with Gasteiger partial charge in [0.1, 0.15) is 11.7 Å². The second-order valence-electron chi connectivity index (χ2n) is 9.26. The summed E-state index contributed by atoms with van der Waals surface area (Å²) in [5.74, 6) is 1.39. The SMILES string of the molecule is COc1ccc(C2(C)CN(C(=O)NCc3ccccn3)CCO2)cc1OC1Cc2ccccc2C1. The Kier molecular flexibility index (Phi) is 6.59. The van der Waals surface area contributed by atoms with Gasteiger partial charge in [-0.15, -0.1) is 0 Å². The molecule has 2 heterocycles. The fraction of sp³-hybridized carbons (Fsp3) is 0.357. The summed E-state index contributed by atoms with van der Waals surface area (Å²) < 4.78 is 18.2. The second-order valence-corrected chi connectivity index (χ2v) is 9.26. The minimum absolute atomic E-state index is 0.0607. The van der Waals surface area contributed by atoms with Crippen molar-refractivity contribution in [2.45, 2.75) is 38.0 Å². The Morgan fingerprint density at radius 2 is 1.89 bits per heavy atom.